The molecule has 1 spiro atoms. The molecule has 0 N–H and O–H groups in total. The molecule has 5 heteroatoms. The molecule has 1 aromatic rings. The number of ether oxygens (including phenoxy) is 3. The van der Waals surface area contributed by atoms with Crippen LogP contribution < -0.4 is 0 Å². The van der Waals surface area contributed by atoms with Crippen molar-refractivity contribution in [2.45, 2.75) is 44.2 Å². The van der Waals surface area contributed by atoms with E-state index in [1.165, 1.54) is 12.1 Å². The van der Waals surface area contributed by atoms with Gasteiger partial charge in [-0.25, -0.2) is 4.39 Å². The van der Waals surface area contributed by atoms with E-state index in [0.717, 1.165) is 25.7 Å². The van der Waals surface area contributed by atoms with Crippen molar-refractivity contribution in [2.75, 3.05) is 13.2 Å². The Labute approximate surface area is 123 Å². The first kappa shape index (κ1) is 14.3. The Morgan fingerprint density at radius 1 is 1.25 bits per heavy atom. The van der Waals surface area contributed by atoms with Gasteiger partial charge in [0.15, 0.2) is 5.79 Å². The van der Waals surface area contributed by atoms with E-state index in [4.69, 9.17) is 25.8 Å². The van der Waals surface area contributed by atoms with Crippen LogP contribution in [0, 0.1) is 5.82 Å². The summed E-state index contributed by atoms with van der Waals surface area (Å²) in [5.41, 5.74) is 0.695. The molecular formula is C15H18ClFO3. The van der Waals surface area contributed by atoms with E-state index in [9.17, 15) is 4.39 Å². The Morgan fingerprint density at radius 3 is 2.65 bits per heavy atom. The van der Waals surface area contributed by atoms with Crippen molar-refractivity contribution in [2.24, 2.45) is 0 Å². The monoisotopic (exact) mass is 300 g/mol. The summed E-state index contributed by atoms with van der Waals surface area (Å²) in [6.45, 7) is 1.71. The first-order valence-electron chi connectivity index (χ1n) is 7.00. The first-order valence-corrected chi connectivity index (χ1v) is 7.38. The third-order valence-electron chi connectivity index (χ3n) is 3.99. The van der Waals surface area contributed by atoms with Gasteiger partial charge in [-0.1, -0.05) is 11.6 Å². The standard InChI is InChI=1S/C15H18ClFO3/c16-14-2-1-12(17)9-11(14)10-18-13-3-5-15(6-4-13)19-7-8-20-15/h1-2,9,13H,3-8,10H2. The van der Waals surface area contributed by atoms with Gasteiger partial charge in [0.25, 0.3) is 0 Å². The third-order valence-corrected chi connectivity index (χ3v) is 4.36. The first-order chi connectivity index (χ1) is 9.67. The summed E-state index contributed by atoms with van der Waals surface area (Å²) >= 11 is 6.03. The molecule has 1 saturated heterocycles. The van der Waals surface area contributed by atoms with Crippen LogP contribution in [0.15, 0.2) is 18.2 Å². The van der Waals surface area contributed by atoms with Gasteiger partial charge in [0, 0.05) is 17.9 Å². The van der Waals surface area contributed by atoms with E-state index < -0.39 is 0 Å². The van der Waals surface area contributed by atoms with Crippen molar-refractivity contribution in [1.82, 2.24) is 0 Å². The molecule has 3 nitrogen and oxygen atoms in total. The van der Waals surface area contributed by atoms with Crippen molar-refractivity contribution in [3.05, 3.63) is 34.6 Å². The van der Waals surface area contributed by atoms with Gasteiger partial charge in [-0.2, -0.15) is 0 Å². The summed E-state index contributed by atoms with van der Waals surface area (Å²) in [5.74, 6) is -0.653. The van der Waals surface area contributed by atoms with Gasteiger partial charge < -0.3 is 14.2 Å². The average Bonchev–Trinajstić information content (AvgIpc) is 2.90. The number of hydrogen-bond acceptors (Lipinski definition) is 3. The second kappa shape index (κ2) is 5.98. The fourth-order valence-corrected chi connectivity index (χ4v) is 3.02. The van der Waals surface area contributed by atoms with Crippen LogP contribution in [0.2, 0.25) is 5.02 Å². The molecule has 3 rings (SSSR count). The molecule has 1 aliphatic heterocycles. The normalized spacial score (nSPS) is 22.5. The predicted molar refractivity (Wildman–Crippen MR) is 73.1 cm³/mol. The van der Waals surface area contributed by atoms with Crippen molar-refractivity contribution in [3.8, 4) is 0 Å². The highest BCUT2D eigenvalue weighted by Crippen LogP contribution is 2.37. The predicted octanol–water partition coefficient (Wildman–Crippen LogP) is 3.68. The average molecular weight is 301 g/mol. The van der Waals surface area contributed by atoms with E-state index in [0.29, 0.717) is 30.4 Å². The Balaban J connectivity index is 1.51. The minimum atomic E-state index is -0.365. The van der Waals surface area contributed by atoms with Crippen LogP contribution in [-0.2, 0) is 20.8 Å². The van der Waals surface area contributed by atoms with Crippen LogP contribution >= 0.6 is 11.6 Å². The maximum atomic E-state index is 13.2. The molecule has 0 bridgehead atoms. The fraction of sp³-hybridized carbons (Fsp3) is 0.600. The van der Waals surface area contributed by atoms with E-state index in [1.807, 2.05) is 0 Å². The molecule has 2 fully saturated rings. The minimum Gasteiger partial charge on any atom is -0.373 e. The number of hydrogen-bond donors (Lipinski definition) is 0. The van der Waals surface area contributed by atoms with E-state index in [2.05, 4.69) is 0 Å². The molecule has 1 heterocycles. The van der Waals surface area contributed by atoms with E-state index in [1.54, 1.807) is 6.07 Å². The maximum absolute atomic E-state index is 13.2. The Bertz CT molecular complexity index is 464. The van der Waals surface area contributed by atoms with Crippen LogP contribution in [0.4, 0.5) is 4.39 Å². The lowest BCUT2D eigenvalue weighted by atomic mass is 9.92. The molecule has 0 amide bonds. The summed E-state index contributed by atoms with van der Waals surface area (Å²) in [7, 11) is 0. The smallest absolute Gasteiger partial charge is 0.168 e. The van der Waals surface area contributed by atoms with Crippen LogP contribution in [0.3, 0.4) is 0 Å². The maximum Gasteiger partial charge on any atom is 0.168 e. The zero-order valence-electron chi connectivity index (χ0n) is 11.2. The van der Waals surface area contributed by atoms with Crippen LogP contribution in [-0.4, -0.2) is 25.1 Å². The molecule has 110 valence electrons. The molecule has 2 aliphatic rings. The zero-order chi connectivity index (χ0) is 14.0. The lowest BCUT2D eigenvalue weighted by Crippen LogP contribution is -2.37. The van der Waals surface area contributed by atoms with Crippen molar-refractivity contribution >= 4 is 11.6 Å². The summed E-state index contributed by atoms with van der Waals surface area (Å²) in [5, 5.41) is 0.543. The fourth-order valence-electron chi connectivity index (χ4n) is 2.85. The molecule has 0 atom stereocenters. The van der Waals surface area contributed by atoms with Crippen molar-refractivity contribution < 1.29 is 18.6 Å². The number of rotatable bonds is 3. The molecule has 0 radical (unpaired) electrons. The Hall–Kier alpha value is -0.680. The Morgan fingerprint density at radius 2 is 1.95 bits per heavy atom. The second-order valence-electron chi connectivity index (χ2n) is 5.35. The van der Waals surface area contributed by atoms with Crippen LogP contribution in [0.25, 0.3) is 0 Å². The molecule has 1 aromatic carbocycles. The highest BCUT2D eigenvalue weighted by atomic mass is 35.5. The summed E-state index contributed by atoms with van der Waals surface area (Å²) in [6.07, 6.45) is 3.66. The molecule has 20 heavy (non-hydrogen) atoms. The van der Waals surface area contributed by atoms with Gasteiger partial charge >= 0.3 is 0 Å². The van der Waals surface area contributed by atoms with E-state index in [-0.39, 0.29) is 17.7 Å². The van der Waals surface area contributed by atoms with Gasteiger partial charge in [0.1, 0.15) is 5.82 Å². The highest BCUT2D eigenvalue weighted by Gasteiger charge is 2.40. The van der Waals surface area contributed by atoms with Crippen LogP contribution in [0.5, 0.6) is 0 Å². The van der Waals surface area contributed by atoms with Crippen molar-refractivity contribution in [3.63, 3.8) is 0 Å². The molecular weight excluding hydrogens is 283 g/mol. The van der Waals surface area contributed by atoms with Gasteiger partial charge in [-0.3, -0.25) is 0 Å². The Kier molecular flexibility index (Phi) is 4.26. The van der Waals surface area contributed by atoms with E-state index >= 15 is 0 Å². The third kappa shape index (κ3) is 3.14. The lowest BCUT2D eigenvalue weighted by Gasteiger charge is -2.35. The molecule has 1 saturated carbocycles. The summed E-state index contributed by atoms with van der Waals surface area (Å²) in [4.78, 5) is 0. The largest absolute Gasteiger partial charge is 0.373 e. The number of halogens is 2. The van der Waals surface area contributed by atoms with Crippen molar-refractivity contribution in [1.29, 1.82) is 0 Å². The zero-order valence-corrected chi connectivity index (χ0v) is 12.0. The topological polar surface area (TPSA) is 27.7 Å². The molecule has 1 aliphatic carbocycles. The summed E-state index contributed by atoms with van der Waals surface area (Å²) < 4.78 is 30.4. The van der Waals surface area contributed by atoms with Gasteiger partial charge in [-0.15, -0.1) is 0 Å². The molecule has 0 aromatic heterocycles. The van der Waals surface area contributed by atoms with Gasteiger partial charge in [-0.05, 0) is 36.6 Å². The van der Waals surface area contributed by atoms with Gasteiger partial charge in [0.05, 0.1) is 25.9 Å². The molecule has 0 unspecified atom stereocenters. The van der Waals surface area contributed by atoms with Crippen LogP contribution in [0.1, 0.15) is 31.2 Å². The minimum absolute atomic E-state index is 0.160. The number of benzene rings is 1. The summed E-state index contributed by atoms with van der Waals surface area (Å²) in [6, 6.07) is 4.34. The highest BCUT2D eigenvalue weighted by molar-refractivity contribution is 6.31. The lowest BCUT2D eigenvalue weighted by molar-refractivity contribution is -0.192. The second-order valence-corrected chi connectivity index (χ2v) is 5.76. The van der Waals surface area contributed by atoms with Gasteiger partial charge in [0.2, 0.25) is 0 Å². The SMILES string of the molecule is Fc1ccc(Cl)c(COC2CCC3(CC2)OCCO3)c1. The quantitative estimate of drug-likeness (QED) is 0.852.